The smallest absolute Gasteiger partial charge is 0.203 e. The number of nitrogens with one attached hydrogen (secondary N) is 2. The highest BCUT2D eigenvalue weighted by atomic mass is 16.5. The first-order valence-electron chi connectivity index (χ1n) is 9.02. The maximum Gasteiger partial charge on any atom is 0.203 e. The van der Waals surface area contributed by atoms with Crippen molar-refractivity contribution in [1.29, 1.82) is 0 Å². The molecule has 152 valence electrons. The highest BCUT2D eigenvalue weighted by Gasteiger charge is 2.15. The molecule has 0 unspecified atom stereocenters. The van der Waals surface area contributed by atoms with Crippen LogP contribution in [0.4, 0.5) is 0 Å². The third kappa shape index (κ3) is 5.45. The maximum absolute atomic E-state index is 5.53. The van der Waals surface area contributed by atoms with E-state index in [0.717, 1.165) is 29.3 Å². The van der Waals surface area contributed by atoms with Gasteiger partial charge in [-0.3, -0.25) is 4.99 Å². The van der Waals surface area contributed by atoms with Gasteiger partial charge in [-0.15, -0.1) is 0 Å². The van der Waals surface area contributed by atoms with Crippen LogP contribution in [0.1, 0.15) is 11.1 Å². The molecule has 0 atom stereocenters. The van der Waals surface area contributed by atoms with E-state index in [4.69, 9.17) is 18.9 Å². The number of guanidine groups is 1. The van der Waals surface area contributed by atoms with E-state index >= 15 is 0 Å². The SMILES string of the molecule is CN=C(NCCc1ccc(OC)c(OC)c1OC)NCc1ccc(OC)cc1. The largest absolute Gasteiger partial charge is 0.497 e. The second-order valence-corrected chi connectivity index (χ2v) is 5.94. The van der Waals surface area contributed by atoms with Crippen molar-refractivity contribution in [3.05, 3.63) is 47.5 Å². The van der Waals surface area contributed by atoms with Crippen molar-refractivity contribution >= 4 is 5.96 Å². The second-order valence-electron chi connectivity index (χ2n) is 5.94. The van der Waals surface area contributed by atoms with Gasteiger partial charge in [-0.25, -0.2) is 0 Å². The fourth-order valence-corrected chi connectivity index (χ4v) is 2.83. The lowest BCUT2D eigenvalue weighted by atomic mass is 10.1. The molecular formula is C21H29N3O4. The van der Waals surface area contributed by atoms with Crippen molar-refractivity contribution in [1.82, 2.24) is 10.6 Å². The van der Waals surface area contributed by atoms with Gasteiger partial charge in [-0.2, -0.15) is 0 Å². The van der Waals surface area contributed by atoms with Crippen LogP contribution in [-0.2, 0) is 13.0 Å². The molecule has 28 heavy (non-hydrogen) atoms. The van der Waals surface area contributed by atoms with E-state index in [2.05, 4.69) is 15.6 Å². The third-order valence-electron chi connectivity index (χ3n) is 4.32. The quantitative estimate of drug-likeness (QED) is 0.509. The van der Waals surface area contributed by atoms with E-state index in [1.165, 1.54) is 0 Å². The average Bonchev–Trinajstić information content (AvgIpc) is 2.75. The molecule has 0 aliphatic heterocycles. The van der Waals surface area contributed by atoms with Crippen LogP contribution in [0.15, 0.2) is 41.4 Å². The van der Waals surface area contributed by atoms with Crippen molar-refractivity contribution in [3.8, 4) is 23.0 Å². The van der Waals surface area contributed by atoms with Crippen LogP contribution >= 0.6 is 0 Å². The van der Waals surface area contributed by atoms with Gasteiger partial charge in [0, 0.05) is 25.7 Å². The molecule has 2 aromatic rings. The number of benzene rings is 2. The summed E-state index contributed by atoms with van der Waals surface area (Å²) in [6.45, 7) is 1.36. The van der Waals surface area contributed by atoms with E-state index in [9.17, 15) is 0 Å². The molecule has 0 aliphatic carbocycles. The van der Waals surface area contributed by atoms with Gasteiger partial charge in [0.15, 0.2) is 17.5 Å². The highest BCUT2D eigenvalue weighted by Crippen LogP contribution is 2.39. The first kappa shape index (κ1) is 21.2. The van der Waals surface area contributed by atoms with Gasteiger partial charge in [0.05, 0.1) is 28.4 Å². The average molecular weight is 387 g/mol. The number of ether oxygens (including phenoxy) is 4. The van der Waals surface area contributed by atoms with Crippen LogP contribution in [0.3, 0.4) is 0 Å². The lowest BCUT2D eigenvalue weighted by molar-refractivity contribution is 0.322. The standard InChI is InChI=1S/C21H29N3O4/c1-22-21(24-14-15-6-9-17(25-2)10-7-15)23-13-12-16-8-11-18(26-3)20(28-5)19(16)27-4/h6-11H,12-14H2,1-5H3,(H2,22,23,24). The summed E-state index contributed by atoms with van der Waals surface area (Å²) in [6.07, 6.45) is 0.743. The lowest BCUT2D eigenvalue weighted by Crippen LogP contribution is -2.37. The Morgan fingerprint density at radius 3 is 2.11 bits per heavy atom. The Labute approximate surface area is 166 Å². The Kier molecular flexibility index (Phi) is 8.27. The van der Waals surface area contributed by atoms with Gasteiger partial charge in [-0.05, 0) is 30.2 Å². The van der Waals surface area contributed by atoms with E-state index < -0.39 is 0 Å². The predicted molar refractivity (Wildman–Crippen MR) is 111 cm³/mol. The van der Waals surface area contributed by atoms with Gasteiger partial charge in [0.1, 0.15) is 5.75 Å². The summed E-state index contributed by atoms with van der Waals surface area (Å²) in [7, 11) is 8.25. The van der Waals surface area contributed by atoms with Crippen molar-refractivity contribution in [2.45, 2.75) is 13.0 Å². The second kappa shape index (κ2) is 10.9. The molecule has 7 nitrogen and oxygen atoms in total. The van der Waals surface area contributed by atoms with E-state index in [0.29, 0.717) is 30.3 Å². The first-order chi connectivity index (χ1) is 13.7. The maximum atomic E-state index is 5.53. The van der Waals surface area contributed by atoms with Gasteiger partial charge >= 0.3 is 0 Å². The Bertz CT molecular complexity index is 776. The van der Waals surface area contributed by atoms with Crippen molar-refractivity contribution < 1.29 is 18.9 Å². The molecule has 0 spiro atoms. The molecule has 0 fully saturated rings. The summed E-state index contributed by atoms with van der Waals surface area (Å²) in [4.78, 5) is 4.27. The van der Waals surface area contributed by atoms with Gasteiger partial charge in [-0.1, -0.05) is 18.2 Å². The predicted octanol–water partition coefficient (Wildman–Crippen LogP) is 2.63. The minimum absolute atomic E-state index is 0.601. The third-order valence-corrected chi connectivity index (χ3v) is 4.32. The summed E-state index contributed by atoms with van der Waals surface area (Å²) in [6, 6.07) is 11.8. The number of methoxy groups -OCH3 is 4. The Balaban J connectivity index is 1.91. The molecule has 0 saturated heterocycles. The van der Waals surface area contributed by atoms with Crippen LogP contribution in [0.25, 0.3) is 0 Å². The van der Waals surface area contributed by atoms with Crippen LogP contribution < -0.4 is 29.6 Å². The Morgan fingerprint density at radius 1 is 0.821 bits per heavy atom. The molecule has 0 aromatic heterocycles. The van der Waals surface area contributed by atoms with Gasteiger partial charge in [0.25, 0.3) is 0 Å². The molecule has 7 heteroatoms. The minimum Gasteiger partial charge on any atom is -0.497 e. The summed E-state index contributed by atoms with van der Waals surface area (Å²) >= 11 is 0. The van der Waals surface area contributed by atoms with E-state index in [1.807, 2.05) is 36.4 Å². The Morgan fingerprint density at radius 2 is 1.54 bits per heavy atom. The minimum atomic E-state index is 0.601. The first-order valence-corrected chi connectivity index (χ1v) is 9.02. The molecule has 0 amide bonds. The molecule has 0 saturated carbocycles. The van der Waals surface area contributed by atoms with E-state index in [-0.39, 0.29) is 0 Å². The lowest BCUT2D eigenvalue weighted by Gasteiger charge is -2.16. The summed E-state index contributed by atoms with van der Waals surface area (Å²) in [5.41, 5.74) is 2.17. The van der Waals surface area contributed by atoms with Crippen LogP contribution in [0.5, 0.6) is 23.0 Å². The normalized spacial score (nSPS) is 11.0. The van der Waals surface area contributed by atoms with Crippen LogP contribution in [0.2, 0.25) is 0 Å². The fourth-order valence-electron chi connectivity index (χ4n) is 2.83. The van der Waals surface area contributed by atoms with Gasteiger partial charge < -0.3 is 29.6 Å². The van der Waals surface area contributed by atoms with Crippen molar-refractivity contribution in [2.75, 3.05) is 42.0 Å². The molecule has 0 radical (unpaired) electrons. The molecule has 0 bridgehead atoms. The highest BCUT2D eigenvalue weighted by molar-refractivity contribution is 5.79. The fraction of sp³-hybridized carbons (Fsp3) is 0.381. The number of rotatable bonds is 9. The number of hydrogen-bond acceptors (Lipinski definition) is 5. The topological polar surface area (TPSA) is 73.3 Å². The van der Waals surface area contributed by atoms with Crippen molar-refractivity contribution in [2.24, 2.45) is 4.99 Å². The zero-order valence-electron chi connectivity index (χ0n) is 17.2. The molecule has 2 aromatic carbocycles. The molecular weight excluding hydrogens is 358 g/mol. The number of nitrogens with zero attached hydrogens (tertiary/aromatic N) is 1. The summed E-state index contributed by atoms with van der Waals surface area (Å²) in [5.74, 6) is 3.51. The zero-order valence-corrected chi connectivity index (χ0v) is 17.2. The van der Waals surface area contributed by atoms with Gasteiger partial charge in [0.2, 0.25) is 5.75 Å². The molecule has 0 aliphatic rings. The molecule has 2 rings (SSSR count). The number of hydrogen-bond donors (Lipinski definition) is 2. The van der Waals surface area contributed by atoms with E-state index in [1.54, 1.807) is 35.5 Å². The molecule has 0 heterocycles. The van der Waals surface area contributed by atoms with Crippen molar-refractivity contribution in [3.63, 3.8) is 0 Å². The summed E-state index contributed by atoms with van der Waals surface area (Å²) < 4.78 is 21.5. The van der Waals surface area contributed by atoms with Crippen LogP contribution in [-0.4, -0.2) is 48.0 Å². The molecule has 2 N–H and O–H groups in total. The summed E-state index contributed by atoms with van der Waals surface area (Å²) in [5, 5.41) is 6.62. The van der Waals surface area contributed by atoms with Crippen LogP contribution in [0, 0.1) is 0 Å². The zero-order chi connectivity index (χ0) is 20.4. The monoisotopic (exact) mass is 387 g/mol. The Hall–Kier alpha value is -3.09. The number of aliphatic imine (C=N–C) groups is 1.